The van der Waals surface area contributed by atoms with Crippen LogP contribution in [0, 0.1) is 12.8 Å². The van der Waals surface area contributed by atoms with Crippen LogP contribution in [0.15, 0.2) is 65.9 Å². The minimum atomic E-state index is -3.91. The molecule has 1 aromatic carbocycles. The summed E-state index contributed by atoms with van der Waals surface area (Å²) in [5.74, 6) is -4.31. The van der Waals surface area contributed by atoms with Gasteiger partial charge in [-0.15, -0.1) is 11.3 Å². The van der Waals surface area contributed by atoms with Crippen LogP contribution in [0.25, 0.3) is 0 Å². The van der Waals surface area contributed by atoms with Crippen molar-refractivity contribution in [3.05, 3.63) is 77.0 Å². The number of carbonyl (C=O) groups excluding carboxylic acids is 3. The first-order valence-electron chi connectivity index (χ1n) is 9.85. The first-order valence-corrected chi connectivity index (χ1v) is 12.3. The Labute approximate surface area is 196 Å². The molecule has 176 valence electrons. The molecule has 0 aliphatic rings. The van der Waals surface area contributed by atoms with Crippen LogP contribution in [0.2, 0.25) is 0 Å². The third-order valence-corrected chi connectivity index (χ3v) is 6.83. The van der Waals surface area contributed by atoms with E-state index < -0.39 is 39.6 Å². The molecule has 0 saturated heterocycles. The van der Waals surface area contributed by atoms with Gasteiger partial charge >= 0.3 is 11.9 Å². The number of Topliss-reactive ketones (excluding diaryl/α,β-unsaturated/α-hetero) is 1. The zero-order valence-electron chi connectivity index (χ0n) is 18.1. The molecule has 0 bridgehead atoms. The highest BCUT2D eigenvalue weighted by atomic mass is 32.2. The normalized spacial score (nSPS) is 12.1. The lowest BCUT2D eigenvalue weighted by molar-refractivity contribution is -0.161. The molecular formula is C23H25NO7S2. The van der Waals surface area contributed by atoms with E-state index in [2.05, 4.69) is 13.2 Å². The van der Waals surface area contributed by atoms with Crippen molar-refractivity contribution in [1.29, 1.82) is 0 Å². The molecule has 0 amide bonds. The largest absolute Gasteiger partial charge is 0.461 e. The molecule has 8 nitrogen and oxygen atoms in total. The molecule has 2 aromatic rings. The monoisotopic (exact) mass is 491 g/mol. The second kappa shape index (κ2) is 11.7. The average Bonchev–Trinajstić information content (AvgIpc) is 3.20. The Kier molecular flexibility index (Phi) is 9.27. The Morgan fingerprint density at radius 2 is 1.58 bits per heavy atom. The number of thiophene rings is 1. The molecule has 0 aliphatic heterocycles. The number of ketones is 1. The maximum Gasteiger partial charge on any atom is 0.321 e. The number of benzene rings is 1. The summed E-state index contributed by atoms with van der Waals surface area (Å²) in [7, 11) is -3.91. The Morgan fingerprint density at radius 3 is 2.00 bits per heavy atom. The topological polar surface area (TPSA) is 130 Å². The van der Waals surface area contributed by atoms with Crippen LogP contribution >= 0.6 is 11.3 Å². The minimum absolute atomic E-state index is 0.108. The van der Waals surface area contributed by atoms with Gasteiger partial charge in [-0.1, -0.05) is 37.4 Å². The second-order valence-corrected chi connectivity index (χ2v) is 9.60. The highest BCUT2D eigenvalue weighted by Gasteiger charge is 2.41. The second-order valence-electron chi connectivity index (χ2n) is 7.09. The molecule has 1 atom stereocenters. The van der Waals surface area contributed by atoms with Crippen molar-refractivity contribution in [2.45, 2.75) is 24.2 Å². The van der Waals surface area contributed by atoms with E-state index >= 15 is 0 Å². The molecule has 0 spiro atoms. The number of ether oxygens (including phenoxy) is 2. The predicted octanol–water partition coefficient (Wildman–Crippen LogP) is 3.14. The van der Waals surface area contributed by atoms with Gasteiger partial charge in [-0.2, -0.15) is 0 Å². The summed E-state index contributed by atoms with van der Waals surface area (Å²) in [5.41, 5.74) is 1.01. The van der Waals surface area contributed by atoms with E-state index in [1.54, 1.807) is 5.38 Å². The Bertz CT molecular complexity index is 1110. The summed E-state index contributed by atoms with van der Waals surface area (Å²) in [6.45, 7) is 8.59. The zero-order valence-corrected chi connectivity index (χ0v) is 19.7. The van der Waals surface area contributed by atoms with Gasteiger partial charge in [-0.05, 0) is 36.1 Å². The molecular weight excluding hydrogens is 466 g/mol. The highest BCUT2D eigenvalue weighted by Crippen LogP contribution is 2.37. The van der Waals surface area contributed by atoms with Gasteiger partial charge in [-0.25, -0.2) is 13.6 Å². The van der Waals surface area contributed by atoms with E-state index in [1.807, 2.05) is 13.0 Å². The van der Waals surface area contributed by atoms with E-state index in [0.29, 0.717) is 4.88 Å². The van der Waals surface area contributed by atoms with Crippen molar-refractivity contribution in [1.82, 2.24) is 0 Å². The van der Waals surface area contributed by atoms with Crippen LogP contribution in [-0.2, 0) is 29.1 Å². The third kappa shape index (κ3) is 6.95. The van der Waals surface area contributed by atoms with Crippen molar-refractivity contribution in [3.8, 4) is 0 Å². The number of esters is 2. The molecule has 33 heavy (non-hydrogen) atoms. The van der Waals surface area contributed by atoms with Crippen molar-refractivity contribution < 1.29 is 32.3 Å². The van der Waals surface area contributed by atoms with Gasteiger partial charge in [-0.3, -0.25) is 14.4 Å². The number of sulfonamides is 1. The molecule has 0 saturated carbocycles. The lowest BCUT2D eigenvalue weighted by Gasteiger charge is -2.24. The van der Waals surface area contributed by atoms with Crippen LogP contribution in [0.1, 0.15) is 33.1 Å². The Hall–Kier alpha value is -3.08. The van der Waals surface area contributed by atoms with Gasteiger partial charge in [0.05, 0.1) is 4.90 Å². The van der Waals surface area contributed by atoms with E-state index in [0.717, 1.165) is 5.56 Å². The fourth-order valence-corrected chi connectivity index (χ4v) is 4.74. The summed E-state index contributed by atoms with van der Waals surface area (Å²) in [6, 6.07) is 6.94. The van der Waals surface area contributed by atoms with Gasteiger partial charge in [0.2, 0.25) is 10.0 Å². The molecule has 0 fully saturated rings. The van der Waals surface area contributed by atoms with Gasteiger partial charge in [0, 0.05) is 22.8 Å². The molecule has 1 heterocycles. The van der Waals surface area contributed by atoms with Crippen molar-refractivity contribution >= 4 is 39.1 Å². The SMILES string of the molecule is C=CCOC(=O)C(C(=O)OCC=C)C(CC(=O)c1ccc(S(N)(=O)=O)cc1)c1sccc1C. The first kappa shape index (κ1) is 26.2. The quantitative estimate of drug-likeness (QED) is 0.209. The van der Waals surface area contributed by atoms with Crippen LogP contribution in [0.5, 0.6) is 0 Å². The van der Waals surface area contributed by atoms with Crippen molar-refractivity contribution in [2.24, 2.45) is 11.1 Å². The van der Waals surface area contributed by atoms with Gasteiger partial charge in [0.25, 0.3) is 0 Å². The fraction of sp³-hybridized carbons (Fsp3) is 0.261. The van der Waals surface area contributed by atoms with Crippen LogP contribution in [0.3, 0.4) is 0 Å². The summed E-state index contributed by atoms with van der Waals surface area (Å²) in [4.78, 5) is 39.3. The number of nitrogens with two attached hydrogens (primary N) is 1. The van der Waals surface area contributed by atoms with Gasteiger partial charge < -0.3 is 9.47 Å². The standard InChI is InChI=1S/C23H25NO7S2/c1-4-11-30-22(26)20(23(27)31-12-5-2)18(21-15(3)10-13-32-21)14-19(25)16-6-8-17(9-7-16)33(24,28)29/h4-10,13,18,20H,1-2,11-12,14H2,3H3,(H2,24,28,29). The summed E-state index contributed by atoms with van der Waals surface area (Å²) < 4.78 is 33.2. The number of primary sulfonamides is 1. The van der Waals surface area contributed by atoms with Crippen LogP contribution < -0.4 is 5.14 Å². The smallest absolute Gasteiger partial charge is 0.321 e. The van der Waals surface area contributed by atoms with Gasteiger partial charge in [0.1, 0.15) is 13.2 Å². The van der Waals surface area contributed by atoms with Crippen LogP contribution in [0.4, 0.5) is 0 Å². The lowest BCUT2D eigenvalue weighted by atomic mass is 9.84. The maximum atomic E-state index is 13.1. The molecule has 10 heteroatoms. The molecule has 1 unspecified atom stereocenters. The van der Waals surface area contributed by atoms with Crippen LogP contribution in [-0.4, -0.2) is 39.4 Å². The summed E-state index contributed by atoms with van der Waals surface area (Å²) >= 11 is 1.31. The number of hydrogen-bond acceptors (Lipinski definition) is 8. The van der Waals surface area contributed by atoms with E-state index in [4.69, 9.17) is 14.6 Å². The molecule has 1 aromatic heterocycles. The number of hydrogen-bond donors (Lipinski definition) is 1. The van der Waals surface area contributed by atoms with Crippen molar-refractivity contribution in [2.75, 3.05) is 13.2 Å². The number of rotatable bonds is 12. The predicted molar refractivity (Wildman–Crippen MR) is 124 cm³/mol. The van der Waals surface area contributed by atoms with Gasteiger partial charge in [0.15, 0.2) is 11.7 Å². The molecule has 0 radical (unpaired) electrons. The fourth-order valence-electron chi connectivity index (χ4n) is 3.16. The summed E-state index contributed by atoms with van der Waals surface area (Å²) in [5, 5.41) is 6.90. The highest BCUT2D eigenvalue weighted by molar-refractivity contribution is 7.89. The van der Waals surface area contributed by atoms with Crippen molar-refractivity contribution in [3.63, 3.8) is 0 Å². The minimum Gasteiger partial charge on any atom is -0.461 e. The summed E-state index contributed by atoms with van der Waals surface area (Å²) in [6.07, 6.45) is 2.52. The van der Waals surface area contributed by atoms with E-state index in [9.17, 15) is 22.8 Å². The van der Waals surface area contributed by atoms with E-state index in [1.165, 1.54) is 47.8 Å². The lowest BCUT2D eigenvalue weighted by Crippen LogP contribution is -2.34. The molecule has 0 aliphatic carbocycles. The Balaban J connectivity index is 2.44. The molecule has 2 N–H and O–H groups in total. The third-order valence-electron chi connectivity index (χ3n) is 4.75. The average molecular weight is 492 g/mol. The number of aryl methyl sites for hydroxylation is 1. The molecule has 2 rings (SSSR count). The Morgan fingerprint density at radius 1 is 1.03 bits per heavy atom. The maximum absolute atomic E-state index is 13.1. The zero-order chi connectivity index (χ0) is 24.6. The first-order chi connectivity index (χ1) is 15.6. The number of carbonyl (C=O) groups is 3. The van der Waals surface area contributed by atoms with E-state index in [-0.39, 0.29) is 30.1 Å².